The highest BCUT2D eigenvalue weighted by atomic mass is 16.5. The van der Waals surface area contributed by atoms with Crippen molar-refractivity contribution in [3.8, 4) is 0 Å². The third-order valence-electron chi connectivity index (χ3n) is 3.78. The average Bonchev–Trinajstić information content (AvgIpc) is 2.52. The third-order valence-corrected chi connectivity index (χ3v) is 3.78. The molecular weight excluding hydrogens is 306 g/mol. The number of rotatable bonds is 15. The van der Waals surface area contributed by atoms with E-state index < -0.39 is 0 Å². The third kappa shape index (κ3) is 14.5. The van der Waals surface area contributed by atoms with E-state index in [9.17, 15) is 9.59 Å². The Balaban J connectivity index is 3.59. The molecule has 0 aromatic rings. The minimum atomic E-state index is -0.151. The monoisotopic (exact) mass is 343 g/mol. The van der Waals surface area contributed by atoms with Gasteiger partial charge in [0.1, 0.15) is 0 Å². The van der Waals surface area contributed by atoms with Crippen molar-refractivity contribution >= 4 is 11.8 Å². The van der Waals surface area contributed by atoms with Crippen molar-refractivity contribution in [2.75, 3.05) is 26.7 Å². The van der Waals surface area contributed by atoms with Gasteiger partial charge in [0, 0.05) is 26.6 Å². The van der Waals surface area contributed by atoms with E-state index in [1.165, 1.54) is 6.92 Å². The minimum absolute atomic E-state index is 0.00585. The first-order chi connectivity index (χ1) is 11.5. The first kappa shape index (κ1) is 22.9. The SMILES string of the molecule is CNC(CCCCNC(C)=O)C(=O)NCCCCCCOC(C)C. The van der Waals surface area contributed by atoms with Crippen LogP contribution >= 0.6 is 0 Å². The lowest BCUT2D eigenvalue weighted by Crippen LogP contribution is -2.43. The summed E-state index contributed by atoms with van der Waals surface area (Å²) in [5, 5.41) is 8.83. The Kier molecular flexibility index (Phi) is 14.7. The molecule has 2 amide bonds. The van der Waals surface area contributed by atoms with Gasteiger partial charge < -0.3 is 20.7 Å². The molecule has 0 bridgehead atoms. The Hall–Kier alpha value is -1.14. The highest BCUT2D eigenvalue weighted by Crippen LogP contribution is 2.03. The zero-order valence-corrected chi connectivity index (χ0v) is 16.0. The number of carbonyl (C=O) groups is 2. The first-order valence-corrected chi connectivity index (χ1v) is 9.28. The molecule has 0 fully saturated rings. The van der Waals surface area contributed by atoms with Gasteiger partial charge in [-0.25, -0.2) is 0 Å². The topological polar surface area (TPSA) is 79.5 Å². The van der Waals surface area contributed by atoms with Gasteiger partial charge in [-0.2, -0.15) is 0 Å². The van der Waals surface area contributed by atoms with Gasteiger partial charge >= 0.3 is 0 Å². The fourth-order valence-corrected chi connectivity index (χ4v) is 2.38. The maximum atomic E-state index is 12.1. The predicted molar refractivity (Wildman–Crippen MR) is 97.9 cm³/mol. The zero-order valence-electron chi connectivity index (χ0n) is 16.0. The maximum absolute atomic E-state index is 12.1. The summed E-state index contributed by atoms with van der Waals surface area (Å²) in [5.41, 5.74) is 0. The van der Waals surface area contributed by atoms with Gasteiger partial charge in [-0.15, -0.1) is 0 Å². The lowest BCUT2D eigenvalue weighted by Gasteiger charge is -2.16. The summed E-state index contributed by atoms with van der Waals surface area (Å²) in [6.07, 6.45) is 7.24. The molecule has 3 N–H and O–H groups in total. The Morgan fingerprint density at radius 3 is 2.17 bits per heavy atom. The van der Waals surface area contributed by atoms with Crippen LogP contribution in [0.1, 0.15) is 65.7 Å². The van der Waals surface area contributed by atoms with Crippen molar-refractivity contribution in [2.24, 2.45) is 0 Å². The van der Waals surface area contributed by atoms with Crippen LogP contribution in [0.2, 0.25) is 0 Å². The summed E-state index contributed by atoms with van der Waals surface area (Å²) >= 11 is 0. The van der Waals surface area contributed by atoms with E-state index in [1.807, 2.05) is 20.9 Å². The van der Waals surface area contributed by atoms with Crippen LogP contribution in [0, 0.1) is 0 Å². The van der Waals surface area contributed by atoms with Crippen LogP contribution in [0.25, 0.3) is 0 Å². The van der Waals surface area contributed by atoms with Gasteiger partial charge in [0.2, 0.25) is 11.8 Å². The van der Waals surface area contributed by atoms with Crippen LogP contribution in [-0.4, -0.2) is 50.7 Å². The second-order valence-electron chi connectivity index (χ2n) is 6.44. The Labute approximate surface area is 147 Å². The van der Waals surface area contributed by atoms with E-state index in [0.29, 0.717) is 12.6 Å². The molecule has 6 nitrogen and oxygen atoms in total. The highest BCUT2D eigenvalue weighted by molar-refractivity contribution is 5.81. The van der Waals surface area contributed by atoms with Crippen molar-refractivity contribution in [3.63, 3.8) is 0 Å². The zero-order chi connectivity index (χ0) is 18.2. The summed E-state index contributed by atoms with van der Waals surface area (Å²) < 4.78 is 5.50. The molecule has 6 heteroatoms. The van der Waals surface area contributed by atoms with Crippen LogP contribution in [0.3, 0.4) is 0 Å². The highest BCUT2D eigenvalue weighted by Gasteiger charge is 2.14. The van der Waals surface area contributed by atoms with E-state index >= 15 is 0 Å². The van der Waals surface area contributed by atoms with E-state index in [-0.39, 0.29) is 17.9 Å². The summed E-state index contributed by atoms with van der Waals surface area (Å²) in [6, 6.07) is -0.151. The molecule has 0 spiro atoms. The molecule has 0 saturated heterocycles. The molecule has 0 aliphatic rings. The van der Waals surface area contributed by atoms with Crippen molar-refractivity contribution in [1.82, 2.24) is 16.0 Å². The van der Waals surface area contributed by atoms with Crippen molar-refractivity contribution in [1.29, 1.82) is 0 Å². The molecule has 0 aliphatic heterocycles. The number of nitrogens with one attached hydrogen (secondary N) is 3. The molecule has 24 heavy (non-hydrogen) atoms. The van der Waals surface area contributed by atoms with Crippen LogP contribution in [-0.2, 0) is 14.3 Å². The van der Waals surface area contributed by atoms with E-state index in [1.54, 1.807) is 0 Å². The summed E-state index contributed by atoms with van der Waals surface area (Å²) in [5.74, 6) is 0.0637. The van der Waals surface area contributed by atoms with Crippen molar-refractivity contribution < 1.29 is 14.3 Å². The van der Waals surface area contributed by atoms with Gasteiger partial charge in [0.15, 0.2) is 0 Å². The Bertz CT molecular complexity index is 335. The number of unbranched alkanes of at least 4 members (excludes halogenated alkanes) is 4. The average molecular weight is 344 g/mol. The molecule has 1 atom stereocenters. The molecule has 142 valence electrons. The van der Waals surface area contributed by atoms with Crippen LogP contribution in [0.5, 0.6) is 0 Å². The van der Waals surface area contributed by atoms with Gasteiger partial charge in [-0.1, -0.05) is 12.8 Å². The van der Waals surface area contributed by atoms with E-state index in [2.05, 4.69) is 16.0 Å². The molecule has 1 unspecified atom stereocenters. The summed E-state index contributed by atoms with van der Waals surface area (Å²) in [7, 11) is 1.81. The van der Waals surface area contributed by atoms with Crippen molar-refractivity contribution in [3.05, 3.63) is 0 Å². The lowest BCUT2D eigenvalue weighted by molar-refractivity contribution is -0.123. The molecule has 0 aromatic heterocycles. The Morgan fingerprint density at radius 1 is 0.917 bits per heavy atom. The van der Waals surface area contributed by atoms with Gasteiger partial charge in [0.25, 0.3) is 0 Å². The normalized spacial score (nSPS) is 12.2. The number of hydrogen-bond donors (Lipinski definition) is 3. The fourth-order valence-electron chi connectivity index (χ4n) is 2.38. The summed E-state index contributed by atoms with van der Waals surface area (Å²) in [4.78, 5) is 22.9. The number of hydrogen-bond acceptors (Lipinski definition) is 4. The maximum Gasteiger partial charge on any atom is 0.237 e. The first-order valence-electron chi connectivity index (χ1n) is 9.28. The van der Waals surface area contributed by atoms with Gasteiger partial charge in [0.05, 0.1) is 12.1 Å². The molecule has 0 heterocycles. The van der Waals surface area contributed by atoms with E-state index in [0.717, 1.165) is 58.1 Å². The lowest BCUT2D eigenvalue weighted by atomic mass is 10.1. The number of amides is 2. The minimum Gasteiger partial charge on any atom is -0.379 e. The summed E-state index contributed by atoms with van der Waals surface area (Å²) in [6.45, 7) is 7.84. The fraction of sp³-hybridized carbons (Fsp3) is 0.889. The van der Waals surface area contributed by atoms with Crippen LogP contribution < -0.4 is 16.0 Å². The molecule has 0 aromatic carbocycles. The second-order valence-corrected chi connectivity index (χ2v) is 6.44. The van der Waals surface area contributed by atoms with E-state index in [4.69, 9.17) is 4.74 Å². The van der Waals surface area contributed by atoms with Gasteiger partial charge in [-0.3, -0.25) is 9.59 Å². The molecule has 0 saturated carbocycles. The number of likely N-dealkylation sites (N-methyl/N-ethyl adjacent to an activating group) is 1. The molecular formula is C18H37N3O3. The number of carbonyl (C=O) groups excluding carboxylic acids is 2. The largest absolute Gasteiger partial charge is 0.379 e. The quantitative estimate of drug-likeness (QED) is 0.397. The second kappa shape index (κ2) is 15.4. The van der Waals surface area contributed by atoms with Crippen LogP contribution in [0.4, 0.5) is 0 Å². The smallest absolute Gasteiger partial charge is 0.237 e. The van der Waals surface area contributed by atoms with Gasteiger partial charge in [-0.05, 0) is 53.0 Å². The van der Waals surface area contributed by atoms with Crippen LogP contribution in [0.15, 0.2) is 0 Å². The standard InChI is InChI=1S/C18H37N3O3/c1-15(2)24-14-10-6-5-8-13-21-18(23)17(19-4)11-7-9-12-20-16(3)22/h15,17,19H,5-14H2,1-4H3,(H,20,22)(H,21,23). The van der Waals surface area contributed by atoms with Crippen molar-refractivity contribution in [2.45, 2.75) is 77.9 Å². The predicted octanol–water partition coefficient (Wildman–Crippen LogP) is 1.98. The number of ether oxygens (including phenoxy) is 1. The molecule has 0 aliphatic carbocycles. The molecule has 0 radical (unpaired) electrons. The molecule has 0 rings (SSSR count). The Morgan fingerprint density at radius 2 is 1.54 bits per heavy atom.